The highest BCUT2D eigenvalue weighted by Crippen LogP contribution is 2.38. The molecule has 10 heteroatoms. The topological polar surface area (TPSA) is 60.9 Å². The van der Waals surface area contributed by atoms with E-state index in [0.29, 0.717) is 12.3 Å². The third kappa shape index (κ3) is 4.27. The number of alkyl halides is 3. The average Bonchev–Trinajstić information content (AvgIpc) is 2.98. The number of carboxylic acid groups (broad SMARTS) is 1. The Balaban J connectivity index is 0.00000243. The number of carbonyl (C=O) groups is 2. The molecule has 2 aliphatic heterocycles. The Morgan fingerprint density at radius 3 is 2.54 bits per heavy atom. The summed E-state index contributed by atoms with van der Waals surface area (Å²) in [5.41, 5.74) is 0.755. The van der Waals surface area contributed by atoms with Crippen LogP contribution in [0, 0.1) is 11.8 Å². The molecule has 1 N–H and O–H groups in total. The van der Waals surface area contributed by atoms with E-state index in [1.165, 1.54) is 4.90 Å². The Labute approximate surface area is 158 Å². The number of rotatable bonds is 3. The Morgan fingerprint density at radius 1 is 1.23 bits per heavy atom. The van der Waals surface area contributed by atoms with Crippen molar-refractivity contribution in [2.24, 2.45) is 11.8 Å². The maximum absolute atomic E-state index is 13.0. The molecule has 0 spiro atoms. The quantitative estimate of drug-likeness (QED) is 0.830. The zero-order valence-corrected chi connectivity index (χ0v) is 15.2. The van der Waals surface area contributed by atoms with Crippen molar-refractivity contribution in [3.63, 3.8) is 0 Å². The Kier molecular flexibility index (Phi) is 6.46. The molecular weight excluding hydrogens is 393 g/mol. The molecule has 0 radical (unpaired) electrons. The van der Waals surface area contributed by atoms with Crippen LogP contribution in [0.1, 0.15) is 0 Å². The van der Waals surface area contributed by atoms with Gasteiger partial charge in [0.2, 0.25) is 5.91 Å². The molecule has 0 bridgehead atoms. The summed E-state index contributed by atoms with van der Waals surface area (Å²) in [6.45, 7) is -0.458. The van der Waals surface area contributed by atoms with Crippen LogP contribution < -0.4 is 4.90 Å². The number of hydrogen-bond donors (Lipinski definition) is 1. The van der Waals surface area contributed by atoms with Crippen LogP contribution in [0.25, 0.3) is 0 Å². The van der Waals surface area contributed by atoms with E-state index in [1.807, 2.05) is 18.2 Å². The Morgan fingerprint density at radius 2 is 1.92 bits per heavy atom. The zero-order valence-electron chi connectivity index (χ0n) is 13.6. The second kappa shape index (κ2) is 8.06. The van der Waals surface area contributed by atoms with E-state index >= 15 is 0 Å². The SMILES string of the molecule is Cl.O=C(O)[C@@H]1CN(CC(=O)N2CCSc3ccccc32)C[C@H]1C(F)(F)F. The van der Waals surface area contributed by atoms with Gasteiger partial charge >= 0.3 is 12.1 Å². The van der Waals surface area contributed by atoms with E-state index in [9.17, 15) is 22.8 Å². The minimum atomic E-state index is -4.59. The largest absolute Gasteiger partial charge is 0.481 e. The lowest BCUT2D eigenvalue weighted by Crippen LogP contribution is -2.42. The molecule has 0 aliphatic carbocycles. The maximum atomic E-state index is 13.0. The van der Waals surface area contributed by atoms with Crippen LogP contribution in [-0.4, -0.2) is 60.0 Å². The number of thioether (sulfide) groups is 1. The summed E-state index contributed by atoms with van der Waals surface area (Å²) in [7, 11) is 0. The van der Waals surface area contributed by atoms with Gasteiger partial charge in [-0.05, 0) is 12.1 Å². The highest BCUT2D eigenvalue weighted by atomic mass is 35.5. The van der Waals surface area contributed by atoms with E-state index in [0.717, 1.165) is 10.6 Å². The highest BCUT2D eigenvalue weighted by Gasteiger charge is 2.52. The summed E-state index contributed by atoms with van der Waals surface area (Å²) < 4.78 is 39.1. The fourth-order valence-electron chi connectivity index (χ4n) is 3.30. The number of hydrogen-bond acceptors (Lipinski definition) is 4. The van der Waals surface area contributed by atoms with Crippen LogP contribution in [0.4, 0.5) is 18.9 Å². The fraction of sp³-hybridized carbons (Fsp3) is 0.500. The van der Waals surface area contributed by atoms with Gasteiger partial charge in [-0.2, -0.15) is 13.2 Å². The van der Waals surface area contributed by atoms with Gasteiger partial charge in [-0.15, -0.1) is 24.2 Å². The molecule has 0 saturated carbocycles. The van der Waals surface area contributed by atoms with Crippen molar-refractivity contribution in [3.05, 3.63) is 24.3 Å². The second-order valence-corrected chi connectivity index (χ2v) is 7.29. The molecule has 2 heterocycles. The number of aliphatic carboxylic acids is 1. The van der Waals surface area contributed by atoms with Gasteiger partial charge in [0.05, 0.1) is 24.1 Å². The maximum Gasteiger partial charge on any atom is 0.393 e. The summed E-state index contributed by atoms with van der Waals surface area (Å²) in [5.74, 6) is -4.54. The van der Waals surface area contributed by atoms with Crippen LogP contribution >= 0.6 is 24.2 Å². The zero-order chi connectivity index (χ0) is 18.2. The molecule has 1 saturated heterocycles. The fourth-order valence-corrected chi connectivity index (χ4v) is 4.30. The Bertz CT molecular complexity index is 689. The molecule has 1 fully saturated rings. The van der Waals surface area contributed by atoms with Crippen molar-refractivity contribution in [2.45, 2.75) is 11.1 Å². The molecule has 1 aromatic carbocycles. The number of carbonyl (C=O) groups excluding carboxylic acids is 1. The molecular formula is C16H18ClF3N2O3S. The minimum Gasteiger partial charge on any atom is -0.481 e. The molecule has 1 aromatic rings. The lowest BCUT2D eigenvalue weighted by molar-refractivity contribution is -0.188. The highest BCUT2D eigenvalue weighted by molar-refractivity contribution is 7.99. The number of para-hydroxylation sites is 1. The third-order valence-corrected chi connectivity index (χ3v) is 5.56. The van der Waals surface area contributed by atoms with Gasteiger partial charge in [-0.25, -0.2) is 0 Å². The van der Waals surface area contributed by atoms with Gasteiger partial charge in [0.1, 0.15) is 0 Å². The lowest BCUT2D eigenvalue weighted by atomic mass is 9.96. The first kappa shape index (κ1) is 20.9. The number of halogens is 4. The Hall–Kier alpha value is -1.45. The number of nitrogens with zero attached hydrogens (tertiary/aromatic N) is 2. The van der Waals surface area contributed by atoms with Gasteiger partial charge in [0.15, 0.2) is 0 Å². The molecule has 0 aromatic heterocycles. The van der Waals surface area contributed by atoms with Crippen LogP contribution in [0.5, 0.6) is 0 Å². The predicted molar refractivity (Wildman–Crippen MR) is 93.9 cm³/mol. The van der Waals surface area contributed by atoms with Crippen LogP contribution in [0.3, 0.4) is 0 Å². The molecule has 2 atom stereocenters. The summed E-state index contributed by atoms with van der Waals surface area (Å²) in [6, 6.07) is 7.38. The number of carboxylic acids is 1. The van der Waals surface area contributed by atoms with Gasteiger partial charge in [0.25, 0.3) is 0 Å². The van der Waals surface area contributed by atoms with Gasteiger partial charge in [-0.3, -0.25) is 14.5 Å². The van der Waals surface area contributed by atoms with E-state index in [-0.39, 0.29) is 31.4 Å². The van der Waals surface area contributed by atoms with Gasteiger partial charge < -0.3 is 10.0 Å². The standard InChI is InChI=1S/C16H17F3N2O3S.ClH/c17-16(18,19)11-8-20(7-10(11)15(23)24)9-14(22)21-5-6-25-13-4-2-1-3-12(13)21;/h1-4,10-11H,5-9H2,(H,23,24);1H/t10-,11-;/m1./s1. The molecule has 3 rings (SSSR count). The second-order valence-electron chi connectivity index (χ2n) is 6.15. The minimum absolute atomic E-state index is 0. The predicted octanol–water partition coefficient (Wildman–Crippen LogP) is 2.74. The summed E-state index contributed by atoms with van der Waals surface area (Å²) in [6.07, 6.45) is -4.59. The number of benzene rings is 1. The van der Waals surface area contributed by atoms with Crippen LogP contribution in [0.2, 0.25) is 0 Å². The van der Waals surface area contributed by atoms with Crippen molar-refractivity contribution in [3.8, 4) is 0 Å². The molecule has 0 unspecified atom stereocenters. The summed E-state index contributed by atoms with van der Waals surface area (Å²) in [5, 5.41) is 9.05. The first-order valence-electron chi connectivity index (χ1n) is 7.81. The smallest absolute Gasteiger partial charge is 0.393 e. The number of amides is 1. The first-order chi connectivity index (χ1) is 11.8. The summed E-state index contributed by atoms with van der Waals surface area (Å²) >= 11 is 1.63. The van der Waals surface area contributed by atoms with Gasteiger partial charge in [-0.1, -0.05) is 12.1 Å². The van der Waals surface area contributed by atoms with Crippen LogP contribution in [-0.2, 0) is 9.59 Å². The van der Waals surface area contributed by atoms with Crippen molar-refractivity contribution < 1.29 is 27.9 Å². The van der Waals surface area contributed by atoms with E-state index in [2.05, 4.69) is 0 Å². The normalized spacial score (nSPS) is 23.3. The molecule has 5 nitrogen and oxygen atoms in total. The molecule has 144 valence electrons. The average molecular weight is 411 g/mol. The van der Waals surface area contributed by atoms with Crippen LogP contribution in [0.15, 0.2) is 29.2 Å². The molecule has 1 amide bonds. The molecule has 26 heavy (non-hydrogen) atoms. The first-order valence-corrected chi connectivity index (χ1v) is 8.80. The number of likely N-dealkylation sites (tertiary alicyclic amines) is 1. The monoisotopic (exact) mass is 410 g/mol. The number of anilines is 1. The van der Waals surface area contributed by atoms with Gasteiger partial charge in [0, 0.05) is 30.3 Å². The molecule has 2 aliphatic rings. The lowest BCUT2D eigenvalue weighted by Gasteiger charge is -2.30. The van der Waals surface area contributed by atoms with E-state index in [4.69, 9.17) is 5.11 Å². The van der Waals surface area contributed by atoms with Crippen molar-refractivity contribution in [1.82, 2.24) is 4.90 Å². The number of fused-ring (bicyclic) bond motifs is 1. The summed E-state index contributed by atoms with van der Waals surface area (Å²) in [4.78, 5) is 27.6. The third-order valence-electron chi connectivity index (χ3n) is 4.52. The van der Waals surface area contributed by atoms with Crippen molar-refractivity contribution in [1.29, 1.82) is 0 Å². The van der Waals surface area contributed by atoms with E-state index in [1.54, 1.807) is 22.7 Å². The van der Waals surface area contributed by atoms with Crippen molar-refractivity contribution >= 4 is 41.7 Å². The van der Waals surface area contributed by atoms with E-state index < -0.39 is 30.5 Å². The van der Waals surface area contributed by atoms with Crippen molar-refractivity contribution in [2.75, 3.05) is 36.8 Å².